The Morgan fingerprint density at radius 1 is 1.11 bits per heavy atom. The highest BCUT2D eigenvalue weighted by atomic mass is 127. The van der Waals surface area contributed by atoms with Crippen LogP contribution in [0.4, 0.5) is 13.2 Å². The Morgan fingerprint density at radius 2 is 1.85 bits per heavy atom. The molecule has 9 heteroatoms. The molecule has 0 atom stereocenters. The van der Waals surface area contributed by atoms with Crippen molar-refractivity contribution in [3.05, 3.63) is 59.7 Å². The van der Waals surface area contributed by atoms with Crippen LogP contribution in [0.15, 0.2) is 53.5 Å². The molecule has 3 N–H and O–H groups in total. The molecule has 2 aromatic carbocycles. The lowest BCUT2D eigenvalue weighted by molar-refractivity contribution is -0.274. The Balaban J connectivity index is 0.00000364. The molecule has 0 aliphatic carbocycles. The molecule has 0 saturated carbocycles. The lowest BCUT2D eigenvalue weighted by Gasteiger charge is -2.15. The molecular weight excluding hydrogens is 474 g/mol. The molecule has 27 heavy (non-hydrogen) atoms. The SMILES string of the molecule is CCNC(=NCc1cccc(O)c1)NCc1ccccc1OC(F)(F)F.I. The van der Waals surface area contributed by atoms with Gasteiger partial charge in [-0.3, -0.25) is 0 Å². The molecule has 0 spiro atoms. The minimum Gasteiger partial charge on any atom is -0.508 e. The number of aromatic hydroxyl groups is 1. The van der Waals surface area contributed by atoms with Gasteiger partial charge in [0, 0.05) is 18.7 Å². The first kappa shape index (κ1) is 22.9. The molecule has 2 aromatic rings. The van der Waals surface area contributed by atoms with E-state index in [-0.39, 0.29) is 42.0 Å². The van der Waals surface area contributed by atoms with Crippen molar-refractivity contribution >= 4 is 29.9 Å². The molecule has 0 radical (unpaired) electrons. The minimum absolute atomic E-state index is 0. The molecule has 0 aromatic heterocycles. The van der Waals surface area contributed by atoms with Crippen molar-refractivity contribution in [2.45, 2.75) is 26.4 Å². The molecule has 0 heterocycles. The van der Waals surface area contributed by atoms with E-state index in [0.717, 1.165) is 5.56 Å². The Bertz CT molecular complexity index is 755. The maximum Gasteiger partial charge on any atom is 0.573 e. The second-order valence-corrected chi connectivity index (χ2v) is 5.37. The number of hydrogen-bond donors (Lipinski definition) is 3. The number of hydrogen-bond acceptors (Lipinski definition) is 3. The number of aliphatic imine (C=N–C) groups is 1. The molecule has 0 aliphatic rings. The van der Waals surface area contributed by atoms with Gasteiger partial charge in [0.15, 0.2) is 5.96 Å². The predicted octanol–water partition coefficient (Wildman–Crippen LogP) is 4.16. The highest BCUT2D eigenvalue weighted by Crippen LogP contribution is 2.26. The van der Waals surface area contributed by atoms with Crippen molar-refractivity contribution in [1.29, 1.82) is 0 Å². The van der Waals surface area contributed by atoms with E-state index >= 15 is 0 Å². The monoisotopic (exact) mass is 495 g/mol. The van der Waals surface area contributed by atoms with Crippen LogP contribution in [0, 0.1) is 0 Å². The summed E-state index contributed by atoms with van der Waals surface area (Å²) in [5.74, 6) is 0.336. The normalized spacial score (nSPS) is 11.5. The fourth-order valence-corrected chi connectivity index (χ4v) is 2.22. The summed E-state index contributed by atoms with van der Waals surface area (Å²) in [7, 11) is 0. The first-order chi connectivity index (χ1) is 12.4. The molecule has 0 aliphatic heterocycles. The van der Waals surface area contributed by atoms with Gasteiger partial charge in [-0.25, -0.2) is 4.99 Å². The lowest BCUT2D eigenvalue weighted by atomic mass is 10.2. The van der Waals surface area contributed by atoms with E-state index < -0.39 is 6.36 Å². The van der Waals surface area contributed by atoms with Gasteiger partial charge in [0.1, 0.15) is 11.5 Å². The van der Waals surface area contributed by atoms with E-state index in [9.17, 15) is 18.3 Å². The highest BCUT2D eigenvalue weighted by molar-refractivity contribution is 14.0. The Morgan fingerprint density at radius 3 is 2.52 bits per heavy atom. The third-order valence-electron chi connectivity index (χ3n) is 3.32. The van der Waals surface area contributed by atoms with E-state index in [0.29, 0.717) is 24.6 Å². The van der Waals surface area contributed by atoms with Crippen molar-refractivity contribution in [3.63, 3.8) is 0 Å². The number of guanidine groups is 1. The molecule has 0 saturated heterocycles. The van der Waals surface area contributed by atoms with Gasteiger partial charge in [-0.05, 0) is 30.7 Å². The van der Waals surface area contributed by atoms with Gasteiger partial charge in [-0.2, -0.15) is 0 Å². The van der Waals surface area contributed by atoms with Gasteiger partial charge in [-0.15, -0.1) is 37.1 Å². The Kier molecular flexibility index (Phi) is 9.19. The average molecular weight is 495 g/mol. The van der Waals surface area contributed by atoms with Crippen molar-refractivity contribution in [2.75, 3.05) is 6.54 Å². The number of phenols is 1. The van der Waals surface area contributed by atoms with Gasteiger partial charge in [0.2, 0.25) is 0 Å². The number of benzene rings is 2. The second-order valence-electron chi connectivity index (χ2n) is 5.37. The van der Waals surface area contributed by atoms with E-state index in [4.69, 9.17) is 0 Å². The van der Waals surface area contributed by atoms with E-state index in [2.05, 4.69) is 20.4 Å². The van der Waals surface area contributed by atoms with Crippen LogP contribution in [0.1, 0.15) is 18.1 Å². The van der Waals surface area contributed by atoms with Crippen LogP contribution in [0.5, 0.6) is 11.5 Å². The first-order valence-electron chi connectivity index (χ1n) is 8.01. The summed E-state index contributed by atoms with van der Waals surface area (Å²) in [5, 5.41) is 15.5. The van der Waals surface area contributed by atoms with Crippen LogP contribution >= 0.6 is 24.0 Å². The number of nitrogens with one attached hydrogen (secondary N) is 2. The molecule has 0 unspecified atom stereocenters. The molecule has 0 amide bonds. The number of halogens is 4. The van der Waals surface area contributed by atoms with Crippen LogP contribution in [0.3, 0.4) is 0 Å². The minimum atomic E-state index is -4.75. The number of rotatable bonds is 6. The van der Waals surface area contributed by atoms with Crippen molar-refractivity contribution in [3.8, 4) is 11.5 Å². The summed E-state index contributed by atoms with van der Waals surface area (Å²) in [6, 6.07) is 12.6. The summed E-state index contributed by atoms with van der Waals surface area (Å²) >= 11 is 0. The lowest BCUT2D eigenvalue weighted by Crippen LogP contribution is -2.37. The zero-order chi connectivity index (χ0) is 19.0. The van der Waals surface area contributed by atoms with E-state index in [1.54, 1.807) is 30.3 Å². The molecule has 0 bridgehead atoms. The smallest absolute Gasteiger partial charge is 0.508 e. The zero-order valence-corrected chi connectivity index (χ0v) is 16.9. The Labute approximate surface area is 172 Å². The molecule has 148 valence electrons. The maximum atomic E-state index is 12.5. The van der Waals surface area contributed by atoms with Gasteiger partial charge in [-0.1, -0.05) is 30.3 Å². The number of phenolic OH excluding ortho intramolecular Hbond substituents is 1. The van der Waals surface area contributed by atoms with Crippen LogP contribution < -0.4 is 15.4 Å². The fraction of sp³-hybridized carbons (Fsp3) is 0.278. The first-order valence-corrected chi connectivity index (χ1v) is 8.01. The zero-order valence-electron chi connectivity index (χ0n) is 14.6. The standard InChI is InChI=1S/C18H20F3N3O2.HI/c1-2-22-17(23-11-13-6-5-8-15(25)10-13)24-12-14-7-3-4-9-16(14)26-18(19,20)21;/h3-10,25H,2,11-12H2,1H3,(H2,22,23,24);1H. The second kappa shape index (κ2) is 10.9. The number of ether oxygens (including phenoxy) is 1. The molecule has 5 nitrogen and oxygen atoms in total. The van der Waals surface area contributed by atoms with Crippen molar-refractivity contribution < 1.29 is 23.0 Å². The van der Waals surface area contributed by atoms with Crippen molar-refractivity contribution in [2.24, 2.45) is 4.99 Å². The third kappa shape index (κ3) is 8.37. The van der Waals surface area contributed by atoms with Gasteiger partial charge < -0.3 is 20.5 Å². The van der Waals surface area contributed by atoms with Gasteiger partial charge >= 0.3 is 6.36 Å². The van der Waals surface area contributed by atoms with Crippen molar-refractivity contribution in [1.82, 2.24) is 10.6 Å². The third-order valence-corrected chi connectivity index (χ3v) is 3.32. The maximum absolute atomic E-state index is 12.5. The van der Waals surface area contributed by atoms with Crippen LogP contribution in [0.25, 0.3) is 0 Å². The number of para-hydroxylation sites is 1. The average Bonchev–Trinajstić information content (AvgIpc) is 2.57. The quantitative estimate of drug-likeness (QED) is 0.320. The largest absolute Gasteiger partial charge is 0.573 e. The van der Waals surface area contributed by atoms with E-state index in [1.807, 2.05) is 13.0 Å². The van der Waals surface area contributed by atoms with Gasteiger partial charge in [0.25, 0.3) is 0 Å². The van der Waals surface area contributed by atoms with Crippen LogP contribution in [0.2, 0.25) is 0 Å². The van der Waals surface area contributed by atoms with Crippen LogP contribution in [-0.2, 0) is 13.1 Å². The predicted molar refractivity (Wildman–Crippen MR) is 108 cm³/mol. The van der Waals surface area contributed by atoms with Crippen LogP contribution in [-0.4, -0.2) is 24.0 Å². The fourth-order valence-electron chi connectivity index (χ4n) is 2.22. The highest BCUT2D eigenvalue weighted by Gasteiger charge is 2.31. The summed E-state index contributed by atoms with van der Waals surface area (Å²) in [4.78, 5) is 4.36. The Hall–Kier alpha value is -2.17. The number of nitrogens with zero attached hydrogens (tertiary/aromatic N) is 1. The summed E-state index contributed by atoms with van der Waals surface area (Å²) < 4.78 is 41.5. The molecule has 0 fully saturated rings. The summed E-state index contributed by atoms with van der Waals surface area (Å²) in [6.45, 7) is 2.89. The summed E-state index contributed by atoms with van der Waals surface area (Å²) in [5.41, 5.74) is 1.16. The number of alkyl halides is 3. The summed E-state index contributed by atoms with van der Waals surface area (Å²) in [6.07, 6.45) is -4.75. The molecule has 2 rings (SSSR count). The topological polar surface area (TPSA) is 65.9 Å². The van der Waals surface area contributed by atoms with Gasteiger partial charge in [0.05, 0.1) is 6.54 Å². The molecular formula is C18H21F3IN3O2. The van der Waals surface area contributed by atoms with E-state index in [1.165, 1.54) is 12.1 Å².